The number of rotatable bonds is 4. The third kappa shape index (κ3) is 3.17. The maximum Gasteiger partial charge on any atom is 0.250 e. The van der Waals surface area contributed by atoms with Crippen molar-refractivity contribution < 1.29 is 0 Å². The van der Waals surface area contributed by atoms with Gasteiger partial charge in [0.05, 0.1) is 23.6 Å². The highest BCUT2D eigenvalue weighted by molar-refractivity contribution is 7.13. The van der Waals surface area contributed by atoms with Gasteiger partial charge >= 0.3 is 0 Å². The number of anilines is 1. The van der Waals surface area contributed by atoms with Gasteiger partial charge in [0.25, 0.3) is 0 Å². The zero-order valence-corrected chi connectivity index (χ0v) is 12.3. The molecule has 0 amide bonds. The van der Waals surface area contributed by atoms with Crippen LogP contribution < -0.4 is 10.9 Å². The van der Waals surface area contributed by atoms with Crippen LogP contribution in [0, 0.1) is 0 Å². The molecule has 0 radical (unpaired) electrons. The van der Waals surface area contributed by atoms with Crippen molar-refractivity contribution in [3.8, 4) is 10.7 Å². The zero-order valence-electron chi connectivity index (χ0n) is 11.5. The summed E-state index contributed by atoms with van der Waals surface area (Å²) in [5, 5.41) is 6.18. The Labute approximate surface area is 125 Å². The molecule has 0 saturated heterocycles. The minimum absolute atomic E-state index is 0.0216. The van der Waals surface area contributed by atoms with Crippen LogP contribution in [-0.2, 0) is 13.6 Å². The van der Waals surface area contributed by atoms with Crippen molar-refractivity contribution in [1.82, 2.24) is 14.5 Å². The normalized spacial score (nSPS) is 10.5. The number of nitrogens with one attached hydrogen (secondary N) is 1. The second-order valence-electron chi connectivity index (χ2n) is 4.58. The number of nitrogens with zero attached hydrogens (tertiary/aromatic N) is 3. The quantitative estimate of drug-likeness (QED) is 0.804. The fourth-order valence-corrected chi connectivity index (χ4v) is 2.68. The minimum atomic E-state index is -0.0216. The molecular weight excluding hydrogens is 284 g/mol. The first kappa shape index (κ1) is 13.5. The molecule has 0 atom stereocenters. The van der Waals surface area contributed by atoms with E-state index in [1.165, 1.54) is 0 Å². The fraction of sp³-hybridized carbons (Fsp3) is 0.133. The summed E-state index contributed by atoms with van der Waals surface area (Å²) < 4.78 is 1.54. The number of pyridine rings is 2. The van der Waals surface area contributed by atoms with Crippen molar-refractivity contribution in [2.75, 3.05) is 5.32 Å². The molecule has 3 aromatic heterocycles. The molecule has 1 N–H and O–H groups in total. The van der Waals surface area contributed by atoms with Crippen LogP contribution in [0.2, 0.25) is 0 Å². The summed E-state index contributed by atoms with van der Waals surface area (Å²) in [6.45, 7) is 0.613. The summed E-state index contributed by atoms with van der Waals surface area (Å²) in [7, 11) is 1.73. The highest BCUT2D eigenvalue weighted by Crippen LogP contribution is 2.21. The van der Waals surface area contributed by atoms with E-state index in [0.29, 0.717) is 6.54 Å². The lowest BCUT2D eigenvalue weighted by atomic mass is 10.3. The van der Waals surface area contributed by atoms with E-state index in [9.17, 15) is 4.79 Å². The molecule has 0 spiro atoms. The van der Waals surface area contributed by atoms with E-state index in [1.807, 2.05) is 23.6 Å². The minimum Gasteiger partial charge on any atom is -0.378 e. The molecule has 0 bridgehead atoms. The molecule has 0 unspecified atom stereocenters. The maximum atomic E-state index is 11.3. The van der Waals surface area contributed by atoms with E-state index in [4.69, 9.17) is 0 Å². The smallest absolute Gasteiger partial charge is 0.250 e. The summed E-state index contributed by atoms with van der Waals surface area (Å²) in [5.41, 5.74) is 2.71. The van der Waals surface area contributed by atoms with Crippen molar-refractivity contribution in [3.05, 3.63) is 64.2 Å². The van der Waals surface area contributed by atoms with E-state index in [-0.39, 0.29) is 5.56 Å². The molecule has 0 aliphatic rings. The van der Waals surface area contributed by atoms with Gasteiger partial charge in [0.15, 0.2) is 0 Å². The average Bonchev–Trinajstić information content (AvgIpc) is 2.98. The van der Waals surface area contributed by atoms with Crippen molar-refractivity contribution in [1.29, 1.82) is 0 Å². The molecule has 6 heteroatoms. The second kappa shape index (κ2) is 5.88. The SMILES string of the molecule is Cn1cc(NCc2csc(-c3ccccn3)n2)ccc1=O. The van der Waals surface area contributed by atoms with Crippen LogP contribution >= 0.6 is 11.3 Å². The highest BCUT2D eigenvalue weighted by atomic mass is 32.1. The molecule has 21 heavy (non-hydrogen) atoms. The van der Waals surface area contributed by atoms with Gasteiger partial charge in [0, 0.05) is 30.9 Å². The van der Waals surface area contributed by atoms with Crippen LogP contribution in [0.15, 0.2) is 52.9 Å². The average molecular weight is 298 g/mol. The number of aromatic nitrogens is 3. The van der Waals surface area contributed by atoms with E-state index in [0.717, 1.165) is 22.1 Å². The third-order valence-corrected chi connectivity index (χ3v) is 3.91. The zero-order chi connectivity index (χ0) is 14.7. The van der Waals surface area contributed by atoms with Crippen LogP contribution in [0.5, 0.6) is 0 Å². The first-order valence-electron chi connectivity index (χ1n) is 6.49. The lowest BCUT2D eigenvalue weighted by Gasteiger charge is -2.05. The van der Waals surface area contributed by atoms with Gasteiger partial charge in [-0.05, 0) is 18.2 Å². The Morgan fingerprint density at radius 1 is 1.29 bits per heavy atom. The summed E-state index contributed by atoms with van der Waals surface area (Å²) in [5.74, 6) is 0. The summed E-state index contributed by atoms with van der Waals surface area (Å²) in [4.78, 5) is 20.2. The molecule has 106 valence electrons. The predicted molar refractivity (Wildman–Crippen MR) is 84.4 cm³/mol. The lowest BCUT2D eigenvalue weighted by Crippen LogP contribution is -2.15. The Morgan fingerprint density at radius 3 is 2.95 bits per heavy atom. The molecule has 0 aliphatic carbocycles. The molecule has 0 fully saturated rings. The fourth-order valence-electron chi connectivity index (χ4n) is 1.89. The van der Waals surface area contributed by atoms with E-state index in [2.05, 4.69) is 15.3 Å². The Bertz CT molecular complexity index is 795. The van der Waals surface area contributed by atoms with Crippen LogP contribution in [-0.4, -0.2) is 14.5 Å². The standard InChI is InChI=1S/C15H14N4OS/c1-19-9-11(5-6-14(19)20)17-8-12-10-21-15(18-12)13-4-2-3-7-16-13/h2-7,9-10,17H,8H2,1H3. The van der Waals surface area contributed by atoms with Crippen molar-refractivity contribution in [2.24, 2.45) is 7.05 Å². The molecular formula is C15H14N4OS. The van der Waals surface area contributed by atoms with Crippen molar-refractivity contribution in [2.45, 2.75) is 6.54 Å². The molecule has 3 aromatic rings. The number of hydrogen-bond acceptors (Lipinski definition) is 5. The van der Waals surface area contributed by atoms with Crippen LogP contribution in [0.1, 0.15) is 5.69 Å². The van der Waals surface area contributed by atoms with E-state index >= 15 is 0 Å². The van der Waals surface area contributed by atoms with Gasteiger partial charge in [-0.1, -0.05) is 6.07 Å². The summed E-state index contributed by atoms with van der Waals surface area (Å²) >= 11 is 1.57. The van der Waals surface area contributed by atoms with Crippen LogP contribution in [0.25, 0.3) is 10.7 Å². The van der Waals surface area contributed by atoms with Crippen molar-refractivity contribution in [3.63, 3.8) is 0 Å². The Morgan fingerprint density at radius 2 is 2.19 bits per heavy atom. The second-order valence-corrected chi connectivity index (χ2v) is 5.44. The summed E-state index contributed by atoms with van der Waals surface area (Å²) in [6, 6.07) is 9.10. The molecule has 3 heterocycles. The highest BCUT2D eigenvalue weighted by Gasteiger charge is 2.05. The molecule has 0 aromatic carbocycles. The molecule has 3 rings (SSSR count). The topological polar surface area (TPSA) is 59.8 Å². The molecule has 5 nitrogen and oxygen atoms in total. The maximum absolute atomic E-state index is 11.3. The van der Waals surface area contributed by atoms with Crippen LogP contribution in [0.4, 0.5) is 5.69 Å². The molecule has 0 saturated carbocycles. The first-order valence-corrected chi connectivity index (χ1v) is 7.37. The van der Waals surface area contributed by atoms with Gasteiger partial charge < -0.3 is 9.88 Å². The van der Waals surface area contributed by atoms with E-state index < -0.39 is 0 Å². The third-order valence-electron chi connectivity index (χ3n) is 3.00. The summed E-state index contributed by atoms with van der Waals surface area (Å²) in [6.07, 6.45) is 3.54. The van der Waals surface area contributed by atoms with Gasteiger partial charge in [0.1, 0.15) is 5.01 Å². The predicted octanol–water partition coefficient (Wildman–Crippen LogP) is 2.52. The van der Waals surface area contributed by atoms with E-state index in [1.54, 1.807) is 47.5 Å². The molecule has 0 aliphatic heterocycles. The Hall–Kier alpha value is -2.47. The van der Waals surface area contributed by atoms with Gasteiger partial charge in [-0.2, -0.15) is 0 Å². The van der Waals surface area contributed by atoms with Gasteiger partial charge in [-0.15, -0.1) is 11.3 Å². The van der Waals surface area contributed by atoms with Gasteiger partial charge in [-0.3, -0.25) is 9.78 Å². The van der Waals surface area contributed by atoms with Gasteiger partial charge in [-0.25, -0.2) is 4.98 Å². The first-order chi connectivity index (χ1) is 10.2. The lowest BCUT2D eigenvalue weighted by molar-refractivity contribution is 0.859. The Balaban J connectivity index is 1.70. The largest absolute Gasteiger partial charge is 0.378 e. The Kier molecular flexibility index (Phi) is 3.79. The monoisotopic (exact) mass is 298 g/mol. The number of hydrogen-bond donors (Lipinski definition) is 1. The number of aryl methyl sites for hydroxylation is 1. The number of thiazole rings is 1. The van der Waals surface area contributed by atoms with Gasteiger partial charge in [0.2, 0.25) is 5.56 Å². The van der Waals surface area contributed by atoms with Crippen LogP contribution in [0.3, 0.4) is 0 Å². The van der Waals surface area contributed by atoms with Crippen molar-refractivity contribution >= 4 is 17.0 Å².